The highest BCUT2D eigenvalue weighted by atomic mass is 15.4. The van der Waals surface area contributed by atoms with Gasteiger partial charge in [0, 0.05) is 69.5 Å². The van der Waals surface area contributed by atoms with Crippen LogP contribution < -0.4 is 0 Å². The lowest BCUT2D eigenvalue weighted by molar-refractivity contribution is 0.354. The van der Waals surface area contributed by atoms with Crippen LogP contribution in [0.1, 0.15) is 0 Å². The van der Waals surface area contributed by atoms with Crippen molar-refractivity contribution in [1.29, 1.82) is 0 Å². The first-order valence-electron chi connectivity index (χ1n) is 6.05. The molecule has 18 heavy (non-hydrogen) atoms. The van der Waals surface area contributed by atoms with Crippen LogP contribution in [0, 0.1) is 0 Å². The average molecular weight is 256 g/mol. The number of aliphatic imine (C=N–C) groups is 2. The summed E-state index contributed by atoms with van der Waals surface area (Å²) in [7, 11) is 15.7. The molecule has 0 saturated heterocycles. The van der Waals surface area contributed by atoms with Crippen molar-refractivity contribution in [2.75, 3.05) is 69.5 Å². The van der Waals surface area contributed by atoms with E-state index in [1.807, 2.05) is 52.1 Å². The molecule has 0 aliphatic rings. The molecule has 0 aliphatic carbocycles. The van der Waals surface area contributed by atoms with Crippen LogP contribution in [0.3, 0.4) is 0 Å². The third kappa shape index (κ3) is 4.81. The van der Waals surface area contributed by atoms with Crippen molar-refractivity contribution in [2.45, 2.75) is 0 Å². The molecule has 0 aliphatic heterocycles. The summed E-state index contributed by atoms with van der Waals surface area (Å²) in [5.41, 5.74) is 0. The fraction of sp³-hybridized carbons (Fsp3) is 0.833. The first-order chi connectivity index (χ1) is 8.34. The molecule has 0 saturated carbocycles. The van der Waals surface area contributed by atoms with Gasteiger partial charge >= 0.3 is 0 Å². The molecule has 0 heterocycles. The van der Waals surface area contributed by atoms with Crippen LogP contribution in [-0.4, -0.2) is 101 Å². The molecule has 0 fully saturated rings. The van der Waals surface area contributed by atoms with Gasteiger partial charge in [-0.3, -0.25) is 9.98 Å². The lowest BCUT2D eigenvalue weighted by Gasteiger charge is -2.30. The minimum Gasteiger partial charge on any atom is -0.349 e. The molecule has 0 atom stereocenters. The van der Waals surface area contributed by atoms with Gasteiger partial charge in [0.1, 0.15) is 0 Å². The number of guanidine groups is 2. The van der Waals surface area contributed by atoms with Crippen molar-refractivity contribution in [3.05, 3.63) is 0 Å². The molecule has 6 nitrogen and oxygen atoms in total. The van der Waals surface area contributed by atoms with Gasteiger partial charge in [-0.05, 0) is 0 Å². The molecule has 0 spiro atoms. The van der Waals surface area contributed by atoms with Gasteiger partial charge in [0.15, 0.2) is 11.9 Å². The second kappa shape index (κ2) is 7.79. The molecular weight excluding hydrogens is 228 g/mol. The molecular formula is C12H28N6. The molecule has 0 amide bonds. The molecule has 0 radical (unpaired) electrons. The van der Waals surface area contributed by atoms with Crippen LogP contribution in [0.25, 0.3) is 0 Å². The maximum absolute atomic E-state index is 4.27. The highest BCUT2D eigenvalue weighted by Gasteiger charge is 2.11. The second-order valence-corrected chi connectivity index (χ2v) is 4.68. The van der Waals surface area contributed by atoms with Crippen LogP contribution >= 0.6 is 0 Å². The summed E-state index contributed by atoms with van der Waals surface area (Å²) < 4.78 is 0. The summed E-state index contributed by atoms with van der Waals surface area (Å²) in [5, 5.41) is 0. The average Bonchev–Trinajstić information content (AvgIpc) is 2.27. The Hall–Kier alpha value is -1.46. The van der Waals surface area contributed by atoms with Gasteiger partial charge in [0.05, 0.1) is 0 Å². The van der Waals surface area contributed by atoms with E-state index in [-0.39, 0.29) is 0 Å². The minimum atomic E-state index is 0.897. The Morgan fingerprint density at radius 2 is 0.944 bits per heavy atom. The lowest BCUT2D eigenvalue weighted by Crippen LogP contribution is -2.45. The fourth-order valence-electron chi connectivity index (χ4n) is 1.92. The van der Waals surface area contributed by atoms with E-state index in [4.69, 9.17) is 0 Å². The maximum Gasteiger partial charge on any atom is 0.195 e. The Balaban J connectivity index is 4.41. The molecule has 106 valence electrons. The first-order valence-corrected chi connectivity index (χ1v) is 6.05. The van der Waals surface area contributed by atoms with Gasteiger partial charge in [0.25, 0.3) is 0 Å². The van der Waals surface area contributed by atoms with Crippen molar-refractivity contribution in [3.8, 4) is 0 Å². The van der Waals surface area contributed by atoms with Gasteiger partial charge in [0.2, 0.25) is 0 Å². The predicted molar refractivity (Wildman–Crippen MR) is 79.4 cm³/mol. The zero-order valence-corrected chi connectivity index (χ0v) is 13.1. The summed E-state index contributed by atoms with van der Waals surface area (Å²) >= 11 is 0. The van der Waals surface area contributed by atoms with E-state index in [1.165, 1.54) is 0 Å². The lowest BCUT2D eigenvalue weighted by atomic mass is 10.5. The summed E-state index contributed by atoms with van der Waals surface area (Å²) in [5.74, 6) is 1.95. The van der Waals surface area contributed by atoms with E-state index in [0.717, 1.165) is 25.0 Å². The zero-order valence-electron chi connectivity index (χ0n) is 13.1. The number of hydrogen-bond donors (Lipinski definition) is 0. The highest BCUT2D eigenvalue weighted by Crippen LogP contribution is 1.95. The largest absolute Gasteiger partial charge is 0.349 e. The SMILES string of the molecule is CN=C(N(C)C)N(C)CCN(C)C(=NC)N(C)C. The quantitative estimate of drug-likeness (QED) is 0.524. The van der Waals surface area contributed by atoms with Crippen LogP contribution in [0.4, 0.5) is 0 Å². The zero-order chi connectivity index (χ0) is 14.3. The first kappa shape index (κ1) is 16.5. The number of nitrogens with zero attached hydrogens (tertiary/aromatic N) is 6. The molecule has 0 aromatic carbocycles. The summed E-state index contributed by atoms with van der Waals surface area (Å²) in [6.45, 7) is 1.79. The Labute approximate surface area is 112 Å². The second-order valence-electron chi connectivity index (χ2n) is 4.68. The van der Waals surface area contributed by atoms with Crippen LogP contribution in [-0.2, 0) is 0 Å². The standard InChI is InChI=1S/C12H28N6/c1-13-11(15(3)4)17(7)9-10-18(8)12(14-2)16(5)6/h9-10H2,1-8H3. The van der Waals surface area contributed by atoms with Crippen molar-refractivity contribution >= 4 is 11.9 Å². The summed E-state index contributed by atoms with van der Waals surface area (Å²) in [6, 6.07) is 0. The van der Waals surface area contributed by atoms with Gasteiger partial charge in [-0.2, -0.15) is 0 Å². The van der Waals surface area contributed by atoms with E-state index in [0.29, 0.717) is 0 Å². The van der Waals surface area contributed by atoms with Gasteiger partial charge in [-0.25, -0.2) is 0 Å². The minimum absolute atomic E-state index is 0.897. The topological polar surface area (TPSA) is 37.7 Å². The fourth-order valence-corrected chi connectivity index (χ4v) is 1.92. The van der Waals surface area contributed by atoms with E-state index < -0.39 is 0 Å². The normalized spacial score (nSPS) is 12.4. The maximum atomic E-state index is 4.27. The number of hydrogen-bond acceptors (Lipinski definition) is 2. The van der Waals surface area contributed by atoms with Gasteiger partial charge in [-0.1, -0.05) is 0 Å². The van der Waals surface area contributed by atoms with Crippen molar-refractivity contribution in [2.24, 2.45) is 9.98 Å². The summed E-state index contributed by atoms with van der Waals surface area (Å²) in [6.07, 6.45) is 0. The molecule has 0 aromatic rings. The van der Waals surface area contributed by atoms with E-state index >= 15 is 0 Å². The molecule has 0 bridgehead atoms. The van der Waals surface area contributed by atoms with E-state index in [9.17, 15) is 0 Å². The Morgan fingerprint density at radius 1 is 0.667 bits per heavy atom. The van der Waals surface area contributed by atoms with Crippen LogP contribution in [0.5, 0.6) is 0 Å². The molecule has 0 unspecified atom stereocenters. The van der Waals surface area contributed by atoms with Gasteiger partial charge < -0.3 is 19.6 Å². The van der Waals surface area contributed by atoms with Gasteiger partial charge in [-0.15, -0.1) is 0 Å². The predicted octanol–water partition coefficient (Wildman–Crippen LogP) is -0.0552. The van der Waals surface area contributed by atoms with Crippen molar-refractivity contribution in [1.82, 2.24) is 19.6 Å². The Morgan fingerprint density at radius 3 is 1.11 bits per heavy atom. The molecule has 0 N–H and O–H groups in total. The van der Waals surface area contributed by atoms with Crippen LogP contribution in [0.2, 0.25) is 0 Å². The van der Waals surface area contributed by atoms with Crippen molar-refractivity contribution in [3.63, 3.8) is 0 Å². The Kier molecular flexibility index (Phi) is 7.16. The molecule has 0 rings (SSSR count). The highest BCUT2D eigenvalue weighted by molar-refractivity contribution is 5.80. The monoisotopic (exact) mass is 256 g/mol. The molecule has 0 aromatic heterocycles. The third-order valence-electron chi connectivity index (χ3n) is 2.65. The van der Waals surface area contributed by atoms with Crippen LogP contribution in [0.15, 0.2) is 9.98 Å². The van der Waals surface area contributed by atoms with E-state index in [2.05, 4.69) is 33.9 Å². The summed E-state index contributed by atoms with van der Waals surface area (Å²) in [4.78, 5) is 16.9. The smallest absolute Gasteiger partial charge is 0.195 e. The third-order valence-corrected chi connectivity index (χ3v) is 2.65. The van der Waals surface area contributed by atoms with E-state index in [1.54, 1.807) is 0 Å². The number of likely N-dealkylation sites (N-methyl/N-ethyl adjacent to an activating group) is 2. The molecule has 6 heteroatoms. The Bertz CT molecular complexity index is 265. The number of rotatable bonds is 3. The van der Waals surface area contributed by atoms with Crippen molar-refractivity contribution < 1.29 is 0 Å².